The number of nitrogens with zero attached hydrogens (tertiary/aromatic N) is 1. The normalized spacial score (nSPS) is 11.6. The van der Waals surface area contributed by atoms with Gasteiger partial charge in [0.15, 0.2) is 0 Å². The molecule has 0 amide bonds. The van der Waals surface area contributed by atoms with E-state index in [9.17, 15) is 0 Å². The first kappa shape index (κ1) is 17.5. The molecule has 0 atom stereocenters. The largest absolute Gasteiger partial charge is 0.438 e. The van der Waals surface area contributed by atoms with Crippen molar-refractivity contribution in [2.45, 2.75) is 39.5 Å². The standard InChI is InChI=1S/C25H25NO/c1-16(2)20-12-21(17(3)4)14-22(13-20)24-15-19-10-11-23(26-25(19)27-24)18-8-6-5-7-9-18/h5-17H,1-4H3. The summed E-state index contributed by atoms with van der Waals surface area (Å²) in [6.07, 6.45) is 0. The topological polar surface area (TPSA) is 26.0 Å². The summed E-state index contributed by atoms with van der Waals surface area (Å²) in [5.41, 5.74) is 6.53. The van der Waals surface area contributed by atoms with Crippen LogP contribution < -0.4 is 0 Å². The molecule has 4 aromatic rings. The fraction of sp³-hybridized carbons (Fsp3) is 0.240. The van der Waals surface area contributed by atoms with Crippen molar-refractivity contribution < 1.29 is 4.42 Å². The SMILES string of the molecule is CC(C)c1cc(-c2cc3ccc(-c4ccccc4)nc3o2)cc(C(C)C)c1. The van der Waals surface area contributed by atoms with Crippen molar-refractivity contribution in [3.8, 4) is 22.6 Å². The summed E-state index contributed by atoms with van der Waals surface area (Å²) < 4.78 is 6.17. The first-order valence-corrected chi connectivity index (χ1v) is 9.62. The van der Waals surface area contributed by atoms with Gasteiger partial charge in [-0.15, -0.1) is 0 Å². The first-order valence-electron chi connectivity index (χ1n) is 9.62. The number of pyridine rings is 1. The summed E-state index contributed by atoms with van der Waals surface area (Å²) in [5, 5.41) is 1.03. The van der Waals surface area contributed by atoms with Gasteiger partial charge < -0.3 is 4.42 Å². The van der Waals surface area contributed by atoms with Gasteiger partial charge >= 0.3 is 0 Å². The predicted molar refractivity (Wildman–Crippen MR) is 113 cm³/mol. The van der Waals surface area contributed by atoms with Gasteiger partial charge in [-0.1, -0.05) is 64.1 Å². The van der Waals surface area contributed by atoms with Gasteiger partial charge in [-0.25, -0.2) is 4.98 Å². The highest BCUT2D eigenvalue weighted by molar-refractivity contribution is 5.82. The highest BCUT2D eigenvalue weighted by Gasteiger charge is 2.13. The van der Waals surface area contributed by atoms with Gasteiger partial charge in [-0.2, -0.15) is 0 Å². The summed E-state index contributed by atoms with van der Waals surface area (Å²) in [7, 11) is 0. The number of furan rings is 1. The van der Waals surface area contributed by atoms with Gasteiger partial charge in [-0.3, -0.25) is 0 Å². The van der Waals surface area contributed by atoms with Crippen molar-refractivity contribution >= 4 is 11.1 Å². The Hall–Kier alpha value is -2.87. The number of benzene rings is 2. The molecule has 0 aliphatic heterocycles. The fourth-order valence-corrected chi connectivity index (χ4v) is 3.32. The minimum Gasteiger partial charge on any atom is -0.438 e. The summed E-state index contributed by atoms with van der Waals surface area (Å²) in [6, 6.07) is 23.2. The Balaban J connectivity index is 1.80. The zero-order chi connectivity index (χ0) is 19.0. The lowest BCUT2D eigenvalue weighted by Gasteiger charge is -2.13. The van der Waals surface area contributed by atoms with E-state index in [1.54, 1.807) is 0 Å². The molecule has 136 valence electrons. The average molecular weight is 355 g/mol. The van der Waals surface area contributed by atoms with Crippen LogP contribution in [0, 0.1) is 0 Å². The molecule has 0 unspecified atom stereocenters. The van der Waals surface area contributed by atoms with E-state index in [0.29, 0.717) is 17.5 Å². The second-order valence-electron chi connectivity index (χ2n) is 7.77. The Morgan fingerprint density at radius 1 is 0.704 bits per heavy atom. The highest BCUT2D eigenvalue weighted by atomic mass is 16.3. The quantitative estimate of drug-likeness (QED) is 0.381. The zero-order valence-corrected chi connectivity index (χ0v) is 16.4. The maximum absolute atomic E-state index is 6.17. The summed E-state index contributed by atoms with van der Waals surface area (Å²) >= 11 is 0. The van der Waals surface area contributed by atoms with Crippen LogP contribution in [0.4, 0.5) is 0 Å². The number of fused-ring (bicyclic) bond motifs is 1. The third-order valence-electron chi connectivity index (χ3n) is 5.05. The molecule has 0 fully saturated rings. The number of aromatic nitrogens is 1. The van der Waals surface area contributed by atoms with Crippen LogP contribution >= 0.6 is 0 Å². The Kier molecular flexibility index (Phi) is 4.57. The van der Waals surface area contributed by atoms with E-state index in [1.165, 1.54) is 11.1 Å². The minimum atomic E-state index is 0.481. The maximum atomic E-state index is 6.17. The third kappa shape index (κ3) is 3.52. The second-order valence-corrected chi connectivity index (χ2v) is 7.77. The van der Waals surface area contributed by atoms with E-state index in [0.717, 1.165) is 28.0 Å². The Bertz CT molecular complexity index is 1050. The van der Waals surface area contributed by atoms with Crippen molar-refractivity contribution in [2.24, 2.45) is 0 Å². The van der Waals surface area contributed by atoms with Crippen LogP contribution in [0.1, 0.15) is 50.7 Å². The van der Waals surface area contributed by atoms with Crippen molar-refractivity contribution in [3.05, 3.63) is 77.9 Å². The van der Waals surface area contributed by atoms with Gasteiger partial charge in [-0.05, 0) is 53.3 Å². The molecule has 0 spiro atoms. The molecule has 2 aromatic heterocycles. The molecule has 0 aliphatic carbocycles. The van der Waals surface area contributed by atoms with Crippen molar-refractivity contribution in [1.82, 2.24) is 4.98 Å². The molecule has 0 saturated heterocycles. The molecular formula is C25H25NO. The van der Waals surface area contributed by atoms with Crippen LogP contribution in [-0.2, 0) is 0 Å². The van der Waals surface area contributed by atoms with Gasteiger partial charge in [0.2, 0.25) is 5.71 Å². The molecule has 4 rings (SSSR count). The lowest BCUT2D eigenvalue weighted by atomic mass is 9.92. The van der Waals surface area contributed by atoms with Crippen LogP contribution in [0.2, 0.25) is 0 Å². The van der Waals surface area contributed by atoms with Crippen LogP contribution in [0.15, 0.2) is 71.1 Å². The molecule has 2 heterocycles. The van der Waals surface area contributed by atoms with E-state index in [1.807, 2.05) is 18.2 Å². The van der Waals surface area contributed by atoms with E-state index < -0.39 is 0 Å². The summed E-state index contributed by atoms with van der Waals surface area (Å²) in [6.45, 7) is 8.93. The predicted octanol–water partition coefficient (Wildman–Crippen LogP) is 7.41. The molecule has 0 bridgehead atoms. The van der Waals surface area contributed by atoms with Crippen LogP contribution in [-0.4, -0.2) is 4.98 Å². The average Bonchev–Trinajstić information content (AvgIpc) is 3.11. The monoisotopic (exact) mass is 355 g/mol. The fourth-order valence-electron chi connectivity index (χ4n) is 3.32. The maximum Gasteiger partial charge on any atom is 0.227 e. The van der Waals surface area contributed by atoms with Crippen LogP contribution in [0.5, 0.6) is 0 Å². The van der Waals surface area contributed by atoms with E-state index in [4.69, 9.17) is 9.40 Å². The highest BCUT2D eigenvalue weighted by Crippen LogP contribution is 2.33. The van der Waals surface area contributed by atoms with Crippen molar-refractivity contribution in [3.63, 3.8) is 0 Å². The summed E-state index contributed by atoms with van der Waals surface area (Å²) in [4.78, 5) is 4.74. The lowest BCUT2D eigenvalue weighted by Crippen LogP contribution is -1.94. The van der Waals surface area contributed by atoms with Gasteiger partial charge in [0.1, 0.15) is 5.76 Å². The van der Waals surface area contributed by atoms with Crippen LogP contribution in [0.3, 0.4) is 0 Å². The smallest absolute Gasteiger partial charge is 0.227 e. The van der Waals surface area contributed by atoms with E-state index in [2.05, 4.69) is 76.2 Å². The molecule has 2 aromatic carbocycles. The Morgan fingerprint density at radius 3 is 2.00 bits per heavy atom. The van der Waals surface area contributed by atoms with Crippen LogP contribution in [0.25, 0.3) is 33.7 Å². The van der Waals surface area contributed by atoms with Crippen molar-refractivity contribution in [1.29, 1.82) is 0 Å². The molecule has 0 aliphatic rings. The number of hydrogen-bond acceptors (Lipinski definition) is 2. The van der Waals surface area contributed by atoms with E-state index >= 15 is 0 Å². The Morgan fingerprint density at radius 2 is 1.37 bits per heavy atom. The number of hydrogen-bond donors (Lipinski definition) is 0. The molecule has 0 N–H and O–H groups in total. The third-order valence-corrected chi connectivity index (χ3v) is 5.05. The molecule has 2 heteroatoms. The molecule has 0 saturated carbocycles. The first-order chi connectivity index (χ1) is 13.0. The van der Waals surface area contributed by atoms with Gasteiger partial charge in [0.05, 0.1) is 5.69 Å². The molecule has 0 radical (unpaired) electrons. The lowest BCUT2D eigenvalue weighted by molar-refractivity contribution is 0.618. The van der Waals surface area contributed by atoms with Crippen molar-refractivity contribution in [2.75, 3.05) is 0 Å². The van der Waals surface area contributed by atoms with Gasteiger partial charge in [0.25, 0.3) is 0 Å². The molecular weight excluding hydrogens is 330 g/mol. The molecule has 27 heavy (non-hydrogen) atoms. The van der Waals surface area contributed by atoms with E-state index in [-0.39, 0.29) is 0 Å². The minimum absolute atomic E-state index is 0.481. The number of rotatable bonds is 4. The summed E-state index contributed by atoms with van der Waals surface area (Å²) in [5.74, 6) is 1.84. The van der Waals surface area contributed by atoms with Gasteiger partial charge in [0, 0.05) is 16.5 Å². The Labute approximate surface area is 160 Å². The second kappa shape index (κ2) is 7.03. The molecule has 2 nitrogen and oxygen atoms in total. The zero-order valence-electron chi connectivity index (χ0n) is 16.4.